The van der Waals surface area contributed by atoms with Crippen LogP contribution in [-0.2, 0) is 0 Å². The third-order valence-electron chi connectivity index (χ3n) is 1.61. The SMILES string of the molecule is CCCCC1C=CC=CS1. The van der Waals surface area contributed by atoms with Gasteiger partial charge < -0.3 is 0 Å². The third-order valence-corrected chi connectivity index (χ3v) is 2.67. The molecule has 0 saturated carbocycles. The predicted octanol–water partition coefficient (Wildman–Crippen LogP) is 3.36. The minimum Gasteiger partial charge on any atom is -0.127 e. The molecule has 1 unspecified atom stereocenters. The molecule has 1 aliphatic rings. The Morgan fingerprint density at radius 3 is 2.90 bits per heavy atom. The number of rotatable bonds is 3. The Morgan fingerprint density at radius 2 is 2.30 bits per heavy atom. The maximum Gasteiger partial charge on any atom is 0.0271 e. The molecule has 0 radical (unpaired) electrons. The Bertz CT molecular complexity index is 136. The van der Waals surface area contributed by atoms with E-state index in [1.165, 1.54) is 19.3 Å². The molecular formula is C9H14S. The molecule has 0 amide bonds. The fraction of sp³-hybridized carbons (Fsp3) is 0.556. The predicted molar refractivity (Wildman–Crippen MR) is 49.2 cm³/mol. The highest BCUT2D eigenvalue weighted by molar-refractivity contribution is 8.02. The molecule has 1 atom stereocenters. The minimum absolute atomic E-state index is 0.755. The van der Waals surface area contributed by atoms with Gasteiger partial charge in [-0.25, -0.2) is 0 Å². The molecule has 0 bridgehead atoms. The highest BCUT2D eigenvalue weighted by Gasteiger charge is 2.03. The second-order valence-corrected chi connectivity index (χ2v) is 3.68. The van der Waals surface area contributed by atoms with Crippen LogP contribution in [0.25, 0.3) is 0 Å². The molecule has 0 N–H and O–H groups in total. The lowest BCUT2D eigenvalue weighted by atomic mass is 10.2. The Kier molecular flexibility index (Phi) is 3.66. The van der Waals surface area contributed by atoms with Crippen LogP contribution in [-0.4, -0.2) is 5.25 Å². The lowest BCUT2D eigenvalue weighted by Gasteiger charge is -2.10. The van der Waals surface area contributed by atoms with E-state index in [9.17, 15) is 0 Å². The van der Waals surface area contributed by atoms with Gasteiger partial charge in [-0.15, -0.1) is 11.8 Å². The molecule has 0 aromatic heterocycles. The number of hydrogen-bond acceptors (Lipinski definition) is 1. The van der Waals surface area contributed by atoms with Crippen LogP contribution in [0.15, 0.2) is 23.6 Å². The van der Waals surface area contributed by atoms with Crippen LogP contribution >= 0.6 is 11.8 Å². The van der Waals surface area contributed by atoms with Gasteiger partial charge >= 0.3 is 0 Å². The fourth-order valence-corrected chi connectivity index (χ4v) is 1.86. The standard InChI is InChI=1S/C9H14S/c1-2-3-6-9-7-4-5-8-10-9/h4-5,7-9H,2-3,6H2,1H3. The fourth-order valence-electron chi connectivity index (χ4n) is 0.995. The van der Waals surface area contributed by atoms with Crippen LogP contribution in [0.3, 0.4) is 0 Å². The van der Waals surface area contributed by atoms with Crippen molar-refractivity contribution in [3.63, 3.8) is 0 Å². The van der Waals surface area contributed by atoms with Crippen LogP contribution in [0.4, 0.5) is 0 Å². The molecule has 10 heavy (non-hydrogen) atoms. The summed E-state index contributed by atoms with van der Waals surface area (Å²) >= 11 is 1.94. The molecule has 0 nitrogen and oxygen atoms in total. The van der Waals surface area contributed by atoms with Crippen LogP contribution in [0.1, 0.15) is 26.2 Å². The van der Waals surface area contributed by atoms with E-state index >= 15 is 0 Å². The molecule has 0 aromatic rings. The number of thioether (sulfide) groups is 1. The van der Waals surface area contributed by atoms with Crippen molar-refractivity contribution >= 4 is 11.8 Å². The normalized spacial score (nSPS) is 23.5. The van der Waals surface area contributed by atoms with Gasteiger partial charge in [0.25, 0.3) is 0 Å². The zero-order chi connectivity index (χ0) is 7.23. The zero-order valence-corrected chi connectivity index (χ0v) is 7.23. The Hall–Kier alpha value is -0.170. The largest absolute Gasteiger partial charge is 0.127 e. The second-order valence-electron chi connectivity index (χ2n) is 2.53. The molecule has 0 fully saturated rings. The minimum atomic E-state index is 0.755. The lowest BCUT2D eigenvalue weighted by Crippen LogP contribution is -1.97. The average Bonchev–Trinajstić information content (AvgIpc) is 2.03. The smallest absolute Gasteiger partial charge is 0.0271 e. The lowest BCUT2D eigenvalue weighted by molar-refractivity contribution is 0.738. The van der Waals surface area contributed by atoms with E-state index in [2.05, 4.69) is 30.6 Å². The van der Waals surface area contributed by atoms with Crippen molar-refractivity contribution in [2.45, 2.75) is 31.4 Å². The van der Waals surface area contributed by atoms with Gasteiger partial charge in [-0.05, 0) is 11.8 Å². The first-order chi connectivity index (χ1) is 4.93. The number of unbranched alkanes of at least 4 members (excludes halogenated alkanes) is 1. The summed E-state index contributed by atoms with van der Waals surface area (Å²) in [4.78, 5) is 0. The van der Waals surface area contributed by atoms with Gasteiger partial charge in [0, 0.05) is 5.25 Å². The molecule has 0 aliphatic carbocycles. The summed E-state index contributed by atoms with van der Waals surface area (Å²) in [6.07, 6.45) is 10.6. The van der Waals surface area contributed by atoms with Crippen molar-refractivity contribution in [1.29, 1.82) is 0 Å². The van der Waals surface area contributed by atoms with Gasteiger partial charge in [-0.1, -0.05) is 38.0 Å². The van der Waals surface area contributed by atoms with Crippen LogP contribution in [0, 0.1) is 0 Å². The van der Waals surface area contributed by atoms with Gasteiger partial charge in [0.2, 0.25) is 0 Å². The van der Waals surface area contributed by atoms with Crippen LogP contribution in [0.2, 0.25) is 0 Å². The number of hydrogen-bond donors (Lipinski definition) is 0. The molecule has 1 heterocycles. The van der Waals surface area contributed by atoms with Gasteiger partial charge in [0.15, 0.2) is 0 Å². The van der Waals surface area contributed by atoms with Crippen molar-refractivity contribution < 1.29 is 0 Å². The monoisotopic (exact) mass is 154 g/mol. The van der Waals surface area contributed by atoms with E-state index in [1.807, 2.05) is 11.8 Å². The Morgan fingerprint density at radius 1 is 1.40 bits per heavy atom. The van der Waals surface area contributed by atoms with Crippen molar-refractivity contribution in [1.82, 2.24) is 0 Å². The van der Waals surface area contributed by atoms with Gasteiger partial charge in [-0.3, -0.25) is 0 Å². The van der Waals surface area contributed by atoms with Crippen molar-refractivity contribution in [3.8, 4) is 0 Å². The third kappa shape index (κ3) is 2.61. The first kappa shape index (κ1) is 7.93. The van der Waals surface area contributed by atoms with Crippen LogP contribution < -0.4 is 0 Å². The molecule has 0 saturated heterocycles. The summed E-state index contributed by atoms with van der Waals surface area (Å²) in [6.45, 7) is 2.24. The molecule has 1 rings (SSSR count). The van der Waals surface area contributed by atoms with Gasteiger partial charge in [0.1, 0.15) is 0 Å². The Balaban J connectivity index is 2.17. The first-order valence-corrected chi connectivity index (χ1v) is 4.86. The highest BCUT2D eigenvalue weighted by atomic mass is 32.2. The molecule has 0 spiro atoms. The van der Waals surface area contributed by atoms with E-state index < -0.39 is 0 Å². The quantitative estimate of drug-likeness (QED) is 0.600. The first-order valence-electron chi connectivity index (χ1n) is 3.92. The summed E-state index contributed by atoms with van der Waals surface area (Å²) in [5, 5.41) is 2.94. The second kappa shape index (κ2) is 4.62. The summed E-state index contributed by atoms with van der Waals surface area (Å²) in [5.41, 5.74) is 0. The van der Waals surface area contributed by atoms with Crippen molar-refractivity contribution in [3.05, 3.63) is 23.6 Å². The maximum absolute atomic E-state index is 2.29. The molecule has 1 aliphatic heterocycles. The van der Waals surface area contributed by atoms with Crippen molar-refractivity contribution in [2.75, 3.05) is 0 Å². The van der Waals surface area contributed by atoms with Crippen molar-refractivity contribution in [2.24, 2.45) is 0 Å². The van der Waals surface area contributed by atoms with E-state index in [-0.39, 0.29) is 0 Å². The summed E-state index contributed by atoms with van der Waals surface area (Å²) in [5.74, 6) is 0. The zero-order valence-electron chi connectivity index (χ0n) is 6.42. The summed E-state index contributed by atoms with van der Waals surface area (Å²) in [7, 11) is 0. The van der Waals surface area contributed by atoms with Gasteiger partial charge in [-0.2, -0.15) is 0 Å². The summed E-state index contributed by atoms with van der Waals surface area (Å²) in [6, 6.07) is 0. The highest BCUT2D eigenvalue weighted by Crippen LogP contribution is 2.22. The van der Waals surface area contributed by atoms with E-state index in [1.54, 1.807) is 0 Å². The van der Waals surface area contributed by atoms with E-state index in [4.69, 9.17) is 0 Å². The molecular weight excluding hydrogens is 140 g/mol. The topological polar surface area (TPSA) is 0 Å². The average molecular weight is 154 g/mol. The van der Waals surface area contributed by atoms with E-state index in [0.717, 1.165) is 5.25 Å². The van der Waals surface area contributed by atoms with Gasteiger partial charge in [0.05, 0.1) is 0 Å². The molecule has 0 aromatic carbocycles. The summed E-state index contributed by atoms with van der Waals surface area (Å²) < 4.78 is 0. The number of allylic oxidation sites excluding steroid dienone is 2. The Labute approximate surface area is 67.4 Å². The van der Waals surface area contributed by atoms with Crippen LogP contribution in [0.5, 0.6) is 0 Å². The molecule has 56 valence electrons. The molecule has 1 heteroatoms. The maximum atomic E-state index is 2.29. The van der Waals surface area contributed by atoms with E-state index in [0.29, 0.717) is 0 Å².